The highest BCUT2D eigenvalue weighted by atomic mass is 16.5. The zero-order valence-corrected chi connectivity index (χ0v) is 18.6. The molecule has 7 nitrogen and oxygen atoms in total. The number of nitrogens with zero attached hydrogens (tertiary/aromatic N) is 1. The van der Waals surface area contributed by atoms with Crippen LogP contribution < -0.4 is 21.1 Å². The fourth-order valence-electron chi connectivity index (χ4n) is 3.79. The average molecular weight is 439 g/mol. The molecule has 2 aromatic rings. The summed E-state index contributed by atoms with van der Waals surface area (Å²) >= 11 is 0. The summed E-state index contributed by atoms with van der Waals surface area (Å²) < 4.78 is 5.78. The molecule has 1 aliphatic heterocycles. The van der Waals surface area contributed by atoms with Gasteiger partial charge in [0, 0.05) is 18.8 Å². The van der Waals surface area contributed by atoms with Crippen LogP contribution in [0.25, 0.3) is 0 Å². The molecule has 0 saturated carbocycles. The Hall–Kier alpha value is -3.06. The number of rotatable bonds is 10. The Balaban J connectivity index is 1.52. The maximum atomic E-state index is 12.9. The number of hydrogen-bond acceptors (Lipinski definition) is 4. The maximum Gasteiger partial charge on any atom is 0.319 e. The molecular formula is C25H34N4O3. The van der Waals surface area contributed by atoms with Crippen molar-refractivity contribution in [3.8, 4) is 5.75 Å². The van der Waals surface area contributed by atoms with Gasteiger partial charge in [-0.15, -0.1) is 0 Å². The fraction of sp³-hybridized carbons (Fsp3) is 0.440. The number of carbonyl (C=O) groups excluding carboxylic acids is 2. The third kappa shape index (κ3) is 7.57. The van der Waals surface area contributed by atoms with E-state index < -0.39 is 6.04 Å². The normalized spacial score (nSPS) is 14.5. The number of hydrogen-bond donors (Lipinski definition) is 3. The van der Waals surface area contributed by atoms with Gasteiger partial charge in [-0.3, -0.25) is 4.79 Å². The minimum atomic E-state index is -0.534. The van der Waals surface area contributed by atoms with Gasteiger partial charge >= 0.3 is 6.03 Å². The highest BCUT2D eigenvalue weighted by Gasteiger charge is 2.26. The van der Waals surface area contributed by atoms with Crippen LogP contribution in [0.1, 0.15) is 44.1 Å². The van der Waals surface area contributed by atoms with Crippen molar-refractivity contribution in [2.45, 2.75) is 51.2 Å². The average Bonchev–Trinajstić information content (AvgIpc) is 2.84. The number of carbonyl (C=O) groups is 2. The third-order valence-corrected chi connectivity index (χ3v) is 5.58. The van der Waals surface area contributed by atoms with E-state index >= 15 is 0 Å². The monoisotopic (exact) mass is 438 g/mol. The standard InChI is InChI=1S/C25H34N4O3/c26-16-6-5-11-23(24(30)29-17-7-2-8-18-29)28-25(31)27-21-12-14-22(15-13-21)32-19-20-9-3-1-4-10-20/h1,3-4,9-10,12-15,23H,2,5-8,11,16-19,26H2,(H2,27,28,31). The first-order chi connectivity index (χ1) is 15.7. The molecule has 1 saturated heterocycles. The molecule has 0 bridgehead atoms. The van der Waals surface area contributed by atoms with Crippen molar-refractivity contribution in [2.24, 2.45) is 5.73 Å². The molecule has 7 heteroatoms. The molecule has 2 aromatic carbocycles. The highest BCUT2D eigenvalue weighted by Crippen LogP contribution is 2.18. The zero-order chi connectivity index (χ0) is 22.6. The van der Waals surface area contributed by atoms with Gasteiger partial charge in [0.05, 0.1) is 0 Å². The van der Waals surface area contributed by atoms with Gasteiger partial charge in [0.25, 0.3) is 0 Å². The molecule has 1 fully saturated rings. The van der Waals surface area contributed by atoms with Crippen LogP contribution in [0.4, 0.5) is 10.5 Å². The van der Waals surface area contributed by atoms with Gasteiger partial charge in [-0.25, -0.2) is 4.79 Å². The Morgan fingerprint density at radius 1 is 0.969 bits per heavy atom. The minimum absolute atomic E-state index is 0.00142. The Morgan fingerprint density at radius 3 is 2.38 bits per heavy atom. The van der Waals surface area contributed by atoms with Gasteiger partial charge in [0.2, 0.25) is 5.91 Å². The van der Waals surface area contributed by atoms with Crippen LogP contribution in [0.15, 0.2) is 54.6 Å². The maximum absolute atomic E-state index is 12.9. The number of piperidine rings is 1. The van der Waals surface area contributed by atoms with Crippen molar-refractivity contribution < 1.29 is 14.3 Å². The molecule has 1 atom stereocenters. The van der Waals surface area contributed by atoms with Crippen LogP contribution >= 0.6 is 0 Å². The number of nitrogens with two attached hydrogens (primary N) is 1. The first-order valence-electron chi connectivity index (χ1n) is 11.5. The van der Waals surface area contributed by atoms with Gasteiger partial charge < -0.3 is 26.0 Å². The van der Waals surface area contributed by atoms with E-state index in [1.165, 1.54) is 0 Å². The summed E-state index contributed by atoms with van der Waals surface area (Å²) in [6, 6.07) is 16.2. The van der Waals surface area contributed by atoms with Crippen molar-refractivity contribution in [3.63, 3.8) is 0 Å². The summed E-state index contributed by atoms with van der Waals surface area (Å²) in [6.07, 6.45) is 5.41. The van der Waals surface area contributed by atoms with Crippen molar-refractivity contribution in [3.05, 3.63) is 60.2 Å². The van der Waals surface area contributed by atoms with E-state index in [2.05, 4.69) is 10.6 Å². The largest absolute Gasteiger partial charge is 0.489 e. The van der Waals surface area contributed by atoms with Crippen molar-refractivity contribution in [2.75, 3.05) is 25.0 Å². The van der Waals surface area contributed by atoms with Gasteiger partial charge in [0.1, 0.15) is 18.4 Å². The van der Waals surface area contributed by atoms with Crippen molar-refractivity contribution in [1.82, 2.24) is 10.2 Å². The second-order valence-corrected chi connectivity index (χ2v) is 8.12. The number of anilines is 1. The Kier molecular flexibility index (Phi) is 9.37. The molecule has 172 valence electrons. The molecule has 32 heavy (non-hydrogen) atoms. The van der Waals surface area contributed by atoms with E-state index in [1.54, 1.807) is 12.1 Å². The zero-order valence-electron chi connectivity index (χ0n) is 18.6. The number of urea groups is 1. The molecule has 0 spiro atoms. The topological polar surface area (TPSA) is 96.7 Å². The lowest BCUT2D eigenvalue weighted by molar-refractivity contribution is -0.134. The minimum Gasteiger partial charge on any atom is -0.489 e. The Bertz CT molecular complexity index is 836. The van der Waals surface area contributed by atoms with Crippen LogP contribution in [-0.2, 0) is 11.4 Å². The Morgan fingerprint density at radius 2 is 1.69 bits per heavy atom. The second-order valence-electron chi connectivity index (χ2n) is 8.12. The van der Waals surface area contributed by atoms with E-state index in [9.17, 15) is 9.59 Å². The van der Waals surface area contributed by atoms with Crippen LogP contribution in [0, 0.1) is 0 Å². The van der Waals surface area contributed by atoms with E-state index in [4.69, 9.17) is 10.5 Å². The summed E-state index contributed by atoms with van der Waals surface area (Å²) in [5.41, 5.74) is 7.33. The lowest BCUT2D eigenvalue weighted by Crippen LogP contribution is -2.51. The number of benzene rings is 2. The summed E-state index contributed by atoms with van der Waals surface area (Å²) in [5.74, 6) is 0.723. The smallest absolute Gasteiger partial charge is 0.319 e. The van der Waals surface area contributed by atoms with Crippen LogP contribution in [0.5, 0.6) is 5.75 Å². The van der Waals surface area contributed by atoms with Gasteiger partial charge in [-0.2, -0.15) is 0 Å². The first-order valence-corrected chi connectivity index (χ1v) is 11.5. The number of likely N-dealkylation sites (tertiary alicyclic amines) is 1. The molecule has 0 aliphatic carbocycles. The lowest BCUT2D eigenvalue weighted by atomic mass is 10.1. The molecule has 4 N–H and O–H groups in total. The quantitative estimate of drug-likeness (QED) is 0.490. The highest BCUT2D eigenvalue weighted by molar-refractivity contribution is 5.93. The number of unbranched alkanes of at least 4 members (excludes halogenated alkanes) is 1. The van der Waals surface area contributed by atoms with Crippen LogP contribution in [0.2, 0.25) is 0 Å². The first kappa shape index (κ1) is 23.6. The summed E-state index contributed by atoms with van der Waals surface area (Å²) in [5, 5.41) is 5.69. The van der Waals surface area contributed by atoms with Gasteiger partial charge in [-0.1, -0.05) is 30.3 Å². The lowest BCUT2D eigenvalue weighted by Gasteiger charge is -2.30. The molecule has 0 aromatic heterocycles. The number of ether oxygens (including phenoxy) is 1. The molecular weight excluding hydrogens is 404 g/mol. The number of amides is 3. The fourth-order valence-corrected chi connectivity index (χ4v) is 3.79. The van der Waals surface area contributed by atoms with Crippen molar-refractivity contribution in [1.29, 1.82) is 0 Å². The number of nitrogens with one attached hydrogen (secondary N) is 2. The SMILES string of the molecule is NCCCCC(NC(=O)Nc1ccc(OCc2ccccc2)cc1)C(=O)N1CCCCC1. The van der Waals surface area contributed by atoms with Crippen LogP contribution in [-0.4, -0.2) is 42.5 Å². The molecule has 0 radical (unpaired) electrons. The second kappa shape index (κ2) is 12.7. The predicted octanol–water partition coefficient (Wildman–Crippen LogP) is 3.90. The van der Waals surface area contributed by atoms with E-state index in [-0.39, 0.29) is 11.9 Å². The van der Waals surface area contributed by atoms with Gasteiger partial charge in [-0.05, 0) is 74.9 Å². The molecule has 3 rings (SSSR count). The summed E-state index contributed by atoms with van der Waals surface area (Å²) in [6.45, 7) is 2.59. The summed E-state index contributed by atoms with van der Waals surface area (Å²) in [4.78, 5) is 27.4. The molecule has 1 aliphatic rings. The van der Waals surface area contributed by atoms with Crippen LogP contribution in [0.3, 0.4) is 0 Å². The van der Waals surface area contributed by atoms with Crippen molar-refractivity contribution >= 4 is 17.6 Å². The van der Waals surface area contributed by atoms with E-state index in [0.29, 0.717) is 25.3 Å². The molecule has 3 amide bonds. The molecule has 1 heterocycles. The Labute approximate surface area is 190 Å². The summed E-state index contributed by atoms with van der Waals surface area (Å²) in [7, 11) is 0. The molecule has 1 unspecified atom stereocenters. The predicted molar refractivity (Wildman–Crippen MR) is 126 cm³/mol. The van der Waals surface area contributed by atoms with E-state index in [0.717, 1.165) is 56.5 Å². The van der Waals surface area contributed by atoms with Gasteiger partial charge in [0.15, 0.2) is 0 Å². The van der Waals surface area contributed by atoms with E-state index in [1.807, 2.05) is 47.4 Å². The third-order valence-electron chi connectivity index (χ3n) is 5.58.